The summed E-state index contributed by atoms with van der Waals surface area (Å²) in [7, 11) is 0. The summed E-state index contributed by atoms with van der Waals surface area (Å²) in [6.07, 6.45) is 0. The molecule has 0 aliphatic heterocycles. The highest BCUT2D eigenvalue weighted by Gasteiger charge is 2.49. The summed E-state index contributed by atoms with van der Waals surface area (Å²) in [5.74, 6) is 0.937. The highest BCUT2D eigenvalue weighted by Crippen LogP contribution is 2.59. The molecule has 1 aliphatic carbocycles. The van der Waals surface area contributed by atoms with Crippen molar-refractivity contribution in [1.29, 1.82) is 0 Å². The van der Waals surface area contributed by atoms with Gasteiger partial charge in [-0.1, -0.05) is 164 Å². The lowest BCUT2D eigenvalue weighted by atomic mass is 9.67. The molecule has 2 aromatic heterocycles. The Kier molecular flexibility index (Phi) is 7.76. The number of anilines is 3. The maximum Gasteiger partial charge on any atom is 0.140 e. The Labute approximate surface area is 348 Å². The molecule has 0 saturated heterocycles. The van der Waals surface area contributed by atoms with E-state index in [1.807, 2.05) is 12.1 Å². The van der Waals surface area contributed by atoms with Crippen molar-refractivity contribution < 1.29 is 8.83 Å². The third-order valence-electron chi connectivity index (χ3n) is 12.3. The minimum Gasteiger partial charge on any atom is -0.456 e. The fourth-order valence-electron chi connectivity index (χ4n) is 9.68. The summed E-state index contributed by atoms with van der Waals surface area (Å²) in [5, 5.41) is 3.33. The van der Waals surface area contributed by atoms with Crippen molar-refractivity contribution >= 4 is 50.0 Å². The van der Waals surface area contributed by atoms with Crippen molar-refractivity contribution in [2.75, 3.05) is 4.90 Å². The van der Waals surface area contributed by atoms with E-state index < -0.39 is 5.41 Å². The number of hydrogen-bond donors (Lipinski definition) is 0. The van der Waals surface area contributed by atoms with Crippen molar-refractivity contribution in [3.8, 4) is 33.6 Å². The van der Waals surface area contributed by atoms with Crippen LogP contribution in [0.1, 0.15) is 22.3 Å². The molecule has 11 aromatic rings. The van der Waals surface area contributed by atoms with Crippen LogP contribution in [0.2, 0.25) is 0 Å². The molecule has 3 nitrogen and oxygen atoms in total. The van der Waals surface area contributed by atoms with E-state index in [0.29, 0.717) is 0 Å². The molecule has 0 saturated carbocycles. The van der Waals surface area contributed by atoms with E-state index in [2.05, 4.69) is 217 Å². The van der Waals surface area contributed by atoms with Crippen LogP contribution in [0.4, 0.5) is 17.1 Å². The number of hydrogen-bond acceptors (Lipinski definition) is 3. The van der Waals surface area contributed by atoms with Crippen molar-refractivity contribution in [3.63, 3.8) is 0 Å². The van der Waals surface area contributed by atoms with Crippen LogP contribution in [0, 0.1) is 0 Å². The zero-order valence-electron chi connectivity index (χ0n) is 32.6. The molecule has 0 N–H and O–H groups in total. The first kappa shape index (κ1) is 34.2. The minimum atomic E-state index is -0.595. The Morgan fingerprint density at radius 2 is 0.867 bits per heavy atom. The number of benzene rings is 9. The molecule has 0 bridgehead atoms. The summed E-state index contributed by atoms with van der Waals surface area (Å²) >= 11 is 0. The standard InChI is InChI=1S/C57H37NO2/c1-4-15-38(16-5-1)39-27-30-44(31-28-39)58(46-32-34-54-50(37-46)47-23-10-12-25-52(47)59-54)45-22-14-17-40(35-45)41-29-33-48-51(36-41)57(42-18-6-2-7-19-42,43-20-8-3-9-21-43)55-49-24-11-13-26-53(49)60-56(48)55/h1-37H. The third-order valence-corrected chi connectivity index (χ3v) is 12.3. The Bertz CT molecular complexity index is 3320. The first-order valence-corrected chi connectivity index (χ1v) is 20.5. The van der Waals surface area contributed by atoms with Gasteiger partial charge in [0.2, 0.25) is 0 Å². The maximum absolute atomic E-state index is 6.80. The Morgan fingerprint density at radius 3 is 1.60 bits per heavy atom. The second-order valence-corrected chi connectivity index (χ2v) is 15.6. The molecule has 12 rings (SSSR count). The van der Waals surface area contributed by atoms with Gasteiger partial charge in [0.1, 0.15) is 22.5 Å². The third kappa shape index (κ3) is 5.23. The number of nitrogens with zero attached hydrogens (tertiary/aromatic N) is 1. The van der Waals surface area contributed by atoms with Crippen LogP contribution in [-0.2, 0) is 5.41 Å². The van der Waals surface area contributed by atoms with E-state index >= 15 is 0 Å². The van der Waals surface area contributed by atoms with Gasteiger partial charge >= 0.3 is 0 Å². The molecule has 0 atom stereocenters. The topological polar surface area (TPSA) is 29.5 Å². The lowest BCUT2D eigenvalue weighted by molar-refractivity contribution is 0.628. The van der Waals surface area contributed by atoms with Crippen LogP contribution in [-0.4, -0.2) is 0 Å². The molecule has 282 valence electrons. The zero-order valence-corrected chi connectivity index (χ0v) is 32.6. The fourth-order valence-corrected chi connectivity index (χ4v) is 9.68. The van der Waals surface area contributed by atoms with E-state index in [1.165, 1.54) is 33.4 Å². The minimum absolute atomic E-state index is 0.595. The molecule has 0 spiro atoms. The van der Waals surface area contributed by atoms with Gasteiger partial charge < -0.3 is 13.7 Å². The van der Waals surface area contributed by atoms with Gasteiger partial charge in [0, 0.05) is 44.3 Å². The number of rotatable bonds is 7. The summed E-state index contributed by atoms with van der Waals surface area (Å²) in [6.45, 7) is 0. The number of para-hydroxylation sites is 2. The smallest absolute Gasteiger partial charge is 0.140 e. The molecule has 3 heteroatoms. The van der Waals surface area contributed by atoms with Gasteiger partial charge in [0.05, 0.1) is 5.41 Å². The second-order valence-electron chi connectivity index (χ2n) is 15.6. The Hall–Kier alpha value is -7.88. The summed E-state index contributed by atoms with van der Waals surface area (Å²) < 4.78 is 13.1. The Morgan fingerprint density at radius 1 is 0.333 bits per heavy atom. The quantitative estimate of drug-likeness (QED) is 0.162. The van der Waals surface area contributed by atoms with Crippen molar-refractivity contribution in [1.82, 2.24) is 0 Å². The van der Waals surface area contributed by atoms with Gasteiger partial charge in [-0.15, -0.1) is 0 Å². The highest BCUT2D eigenvalue weighted by molar-refractivity contribution is 6.06. The van der Waals surface area contributed by atoms with Gasteiger partial charge in [-0.2, -0.15) is 0 Å². The monoisotopic (exact) mass is 767 g/mol. The van der Waals surface area contributed by atoms with Crippen molar-refractivity contribution in [2.45, 2.75) is 5.41 Å². The first-order chi connectivity index (χ1) is 29.7. The van der Waals surface area contributed by atoms with Crippen LogP contribution in [0.15, 0.2) is 233 Å². The molecule has 9 aromatic carbocycles. The first-order valence-electron chi connectivity index (χ1n) is 20.5. The summed E-state index contributed by atoms with van der Waals surface area (Å²) in [4.78, 5) is 2.35. The number of fused-ring (bicyclic) bond motifs is 8. The molecule has 60 heavy (non-hydrogen) atoms. The SMILES string of the molecule is c1ccc(-c2ccc(N(c3cccc(-c4ccc5c(c4)C(c4ccccc4)(c4ccccc4)c4c-5oc5ccccc45)c3)c3ccc4oc5ccccc5c4c3)cc2)cc1. The van der Waals surface area contributed by atoms with Crippen molar-refractivity contribution in [2.24, 2.45) is 0 Å². The average molecular weight is 768 g/mol. The summed E-state index contributed by atoms with van der Waals surface area (Å²) in [6, 6.07) is 80.4. The van der Waals surface area contributed by atoms with Crippen LogP contribution in [0.3, 0.4) is 0 Å². The van der Waals surface area contributed by atoms with Crippen LogP contribution >= 0.6 is 0 Å². The van der Waals surface area contributed by atoms with Gasteiger partial charge in [-0.05, 0) is 99.6 Å². The molecule has 0 amide bonds. The van der Waals surface area contributed by atoms with Crippen LogP contribution < -0.4 is 4.90 Å². The predicted molar refractivity (Wildman–Crippen MR) is 246 cm³/mol. The molecule has 0 radical (unpaired) electrons. The maximum atomic E-state index is 6.80. The van der Waals surface area contributed by atoms with E-state index in [4.69, 9.17) is 8.83 Å². The lowest BCUT2D eigenvalue weighted by Crippen LogP contribution is -2.28. The van der Waals surface area contributed by atoms with Crippen LogP contribution in [0.25, 0.3) is 66.5 Å². The molecule has 0 fully saturated rings. The van der Waals surface area contributed by atoms with Gasteiger partial charge in [0.15, 0.2) is 0 Å². The van der Waals surface area contributed by atoms with Gasteiger partial charge in [0.25, 0.3) is 0 Å². The highest BCUT2D eigenvalue weighted by atomic mass is 16.3. The molecule has 0 unspecified atom stereocenters. The predicted octanol–water partition coefficient (Wildman–Crippen LogP) is 15.5. The van der Waals surface area contributed by atoms with Gasteiger partial charge in [-0.3, -0.25) is 0 Å². The lowest BCUT2D eigenvalue weighted by Gasteiger charge is -2.33. The average Bonchev–Trinajstić information content (AvgIpc) is 3.98. The Balaban J connectivity index is 1.05. The normalized spacial score (nSPS) is 12.8. The fraction of sp³-hybridized carbons (Fsp3) is 0.0175. The number of furan rings is 2. The second kappa shape index (κ2) is 13.6. The van der Waals surface area contributed by atoms with E-state index in [9.17, 15) is 0 Å². The summed E-state index contributed by atoms with van der Waals surface area (Å²) in [5.41, 5.74) is 15.8. The van der Waals surface area contributed by atoms with E-state index in [0.717, 1.165) is 72.4 Å². The largest absolute Gasteiger partial charge is 0.456 e. The zero-order chi connectivity index (χ0) is 39.6. The van der Waals surface area contributed by atoms with E-state index in [1.54, 1.807) is 0 Å². The van der Waals surface area contributed by atoms with Crippen LogP contribution in [0.5, 0.6) is 0 Å². The molecule has 2 heterocycles. The molecular formula is C57H37NO2. The molecular weight excluding hydrogens is 731 g/mol. The van der Waals surface area contributed by atoms with E-state index in [-0.39, 0.29) is 0 Å². The molecule has 1 aliphatic rings. The van der Waals surface area contributed by atoms with Gasteiger partial charge in [-0.25, -0.2) is 0 Å². The van der Waals surface area contributed by atoms with Crippen molar-refractivity contribution in [3.05, 3.63) is 247 Å².